The highest BCUT2D eigenvalue weighted by Crippen LogP contribution is 2.18. The number of para-hydroxylation sites is 1. The Morgan fingerprint density at radius 3 is 2.25 bits per heavy atom. The zero-order valence-corrected chi connectivity index (χ0v) is 11.2. The standard InChI is InChI=1S/C13H13N3O3S/c14-13(17)15-11-7-4-8-12(9-11)20(18,19)16-10-5-2-1-3-6-10/h1-9,16H,(H3,14,15,17). The Balaban J connectivity index is 2.28. The number of nitrogens with one attached hydrogen (secondary N) is 2. The van der Waals surface area contributed by atoms with Gasteiger partial charge in [0.1, 0.15) is 0 Å². The number of hydrogen-bond acceptors (Lipinski definition) is 3. The smallest absolute Gasteiger partial charge is 0.316 e. The summed E-state index contributed by atoms with van der Waals surface area (Å²) in [5.74, 6) is 0. The van der Waals surface area contributed by atoms with Crippen molar-refractivity contribution in [2.45, 2.75) is 4.90 Å². The molecule has 0 fully saturated rings. The molecule has 0 saturated carbocycles. The van der Waals surface area contributed by atoms with Crippen LogP contribution in [0.25, 0.3) is 0 Å². The topological polar surface area (TPSA) is 101 Å². The summed E-state index contributed by atoms with van der Waals surface area (Å²) in [4.78, 5) is 10.8. The van der Waals surface area contributed by atoms with Crippen LogP contribution in [0, 0.1) is 0 Å². The van der Waals surface area contributed by atoms with Crippen molar-refractivity contribution in [2.24, 2.45) is 5.73 Å². The number of urea groups is 1. The highest BCUT2D eigenvalue weighted by molar-refractivity contribution is 7.92. The maximum atomic E-state index is 12.2. The molecule has 0 radical (unpaired) electrons. The first-order valence-electron chi connectivity index (χ1n) is 5.72. The van der Waals surface area contributed by atoms with Crippen LogP contribution in [0.15, 0.2) is 59.5 Å². The third-order valence-corrected chi connectivity index (χ3v) is 3.82. The van der Waals surface area contributed by atoms with Gasteiger partial charge in [-0.1, -0.05) is 24.3 Å². The van der Waals surface area contributed by atoms with E-state index in [9.17, 15) is 13.2 Å². The van der Waals surface area contributed by atoms with E-state index in [0.717, 1.165) is 0 Å². The molecule has 0 aliphatic rings. The molecule has 0 heterocycles. The van der Waals surface area contributed by atoms with Crippen LogP contribution in [0.2, 0.25) is 0 Å². The monoisotopic (exact) mass is 291 g/mol. The van der Waals surface area contributed by atoms with E-state index in [1.807, 2.05) is 0 Å². The first-order valence-corrected chi connectivity index (χ1v) is 7.20. The minimum absolute atomic E-state index is 0.0348. The van der Waals surface area contributed by atoms with Gasteiger partial charge < -0.3 is 11.1 Å². The average Bonchev–Trinajstić information content (AvgIpc) is 2.39. The minimum Gasteiger partial charge on any atom is -0.351 e. The fourth-order valence-electron chi connectivity index (χ4n) is 1.60. The SMILES string of the molecule is NC(=O)Nc1cccc(S(=O)(=O)Nc2ccccc2)c1. The summed E-state index contributed by atoms with van der Waals surface area (Å²) in [7, 11) is -3.71. The van der Waals surface area contributed by atoms with E-state index in [1.165, 1.54) is 18.2 Å². The Labute approximate surface area is 116 Å². The van der Waals surface area contributed by atoms with Gasteiger partial charge in [-0.05, 0) is 30.3 Å². The van der Waals surface area contributed by atoms with Crippen LogP contribution >= 0.6 is 0 Å². The van der Waals surface area contributed by atoms with Crippen LogP contribution < -0.4 is 15.8 Å². The van der Waals surface area contributed by atoms with Crippen molar-refractivity contribution in [1.82, 2.24) is 0 Å². The Morgan fingerprint density at radius 1 is 0.950 bits per heavy atom. The van der Waals surface area contributed by atoms with E-state index >= 15 is 0 Å². The highest BCUT2D eigenvalue weighted by Gasteiger charge is 2.14. The number of primary amides is 1. The summed E-state index contributed by atoms with van der Waals surface area (Å²) in [5, 5.41) is 2.33. The van der Waals surface area contributed by atoms with E-state index in [1.54, 1.807) is 36.4 Å². The van der Waals surface area contributed by atoms with Crippen molar-refractivity contribution in [1.29, 1.82) is 0 Å². The normalized spacial score (nSPS) is 10.8. The molecule has 0 bridgehead atoms. The molecule has 0 saturated heterocycles. The number of carbonyl (C=O) groups is 1. The Morgan fingerprint density at radius 2 is 1.60 bits per heavy atom. The molecule has 104 valence electrons. The predicted molar refractivity (Wildman–Crippen MR) is 76.9 cm³/mol. The number of carbonyl (C=O) groups excluding carboxylic acids is 1. The molecule has 0 aliphatic heterocycles. The van der Waals surface area contributed by atoms with Crippen LogP contribution in [0.3, 0.4) is 0 Å². The molecule has 2 rings (SSSR count). The van der Waals surface area contributed by atoms with E-state index < -0.39 is 16.1 Å². The van der Waals surface area contributed by atoms with Gasteiger partial charge in [0.15, 0.2) is 0 Å². The largest absolute Gasteiger partial charge is 0.351 e. The van der Waals surface area contributed by atoms with Crippen LogP contribution in [-0.4, -0.2) is 14.4 Å². The molecule has 0 unspecified atom stereocenters. The van der Waals surface area contributed by atoms with Crippen molar-refractivity contribution in [3.05, 3.63) is 54.6 Å². The van der Waals surface area contributed by atoms with E-state index in [0.29, 0.717) is 11.4 Å². The molecule has 0 atom stereocenters. The minimum atomic E-state index is -3.71. The van der Waals surface area contributed by atoms with E-state index in [-0.39, 0.29) is 4.90 Å². The van der Waals surface area contributed by atoms with Gasteiger partial charge in [-0.15, -0.1) is 0 Å². The van der Waals surface area contributed by atoms with Crippen LogP contribution in [0.5, 0.6) is 0 Å². The van der Waals surface area contributed by atoms with Gasteiger partial charge in [-0.3, -0.25) is 4.72 Å². The summed E-state index contributed by atoms with van der Waals surface area (Å²) in [6.07, 6.45) is 0. The van der Waals surface area contributed by atoms with Crippen LogP contribution in [0.4, 0.5) is 16.2 Å². The second-order valence-electron chi connectivity index (χ2n) is 3.99. The summed E-state index contributed by atoms with van der Waals surface area (Å²) in [5.41, 5.74) is 5.76. The number of rotatable bonds is 4. The molecule has 0 spiro atoms. The maximum absolute atomic E-state index is 12.2. The molecule has 4 N–H and O–H groups in total. The lowest BCUT2D eigenvalue weighted by Crippen LogP contribution is -2.19. The zero-order valence-electron chi connectivity index (χ0n) is 10.4. The van der Waals surface area contributed by atoms with Crippen LogP contribution in [-0.2, 0) is 10.0 Å². The van der Waals surface area contributed by atoms with Gasteiger partial charge in [0.05, 0.1) is 4.90 Å². The van der Waals surface area contributed by atoms with Gasteiger partial charge in [0, 0.05) is 11.4 Å². The summed E-state index contributed by atoms with van der Waals surface area (Å²) >= 11 is 0. The van der Waals surface area contributed by atoms with Crippen molar-refractivity contribution in [2.75, 3.05) is 10.0 Å². The molecule has 20 heavy (non-hydrogen) atoms. The van der Waals surface area contributed by atoms with Gasteiger partial charge in [0.2, 0.25) is 0 Å². The first kappa shape index (κ1) is 13.9. The second kappa shape index (κ2) is 5.62. The fourth-order valence-corrected chi connectivity index (χ4v) is 2.71. The molecule has 0 aromatic heterocycles. The number of benzene rings is 2. The predicted octanol–water partition coefficient (Wildman–Crippen LogP) is 1.98. The fraction of sp³-hybridized carbons (Fsp3) is 0. The lowest BCUT2D eigenvalue weighted by molar-refractivity contribution is 0.259. The number of amides is 2. The molecule has 2 aromatic rings. The lowest BCUT2D eigenvalue weighted by atomic mass is 10.3. The Kier molecular flexibility index (Phi) is 3.90. The van der Waals surface area contributed by atoms with Gasteiger partial charge >= 0.3 is 6.03 Å². The molecule has 2 aromatic carbocycles. The Hall–Kier alpha value is -2.54. The second-order valence-corrected chi connectivity index (χ2v) is 5.67. The molecule has 0 aliphatic carbocycles. The zero-order chi connectivity index (χ0) is 14.6. The average molecular weight is 291 g/mol. The van der Waals surface area contributed by atoms with Gasteiger partial charge in [0.25, 0.3) is 10.0 Å². The molecular formula is C13H13N3O3S. The molecular weight excluding hydrogens is 278 g/mol. The van der Waals surface area contributed by atoms with Gasteiger partial charge in [-0.25, -0.2) is 13.2 Å². The number of sulfonamides is 1. The molecule has 6 nitrogen and oxygen atoms in total. The van der Waals surface area contributed by atoms with Crippen molar-refractivity contribution < 1.29 is 13.2 Å². The number of anilines is 2. The quantitative estimate of drug-likeness (QED) is 0.802. The third kappa shape index (κ3) is 3.48. The summed E-state index contributed by atoms with van der Waals surface area (Å²) < 4.78 is 26.8. The Bertz CT molecular complexity index is 715. The van der Waals surface area contributed by atoms with Gasteiger partial charge in [-0.2, -0.15) is 0 Å². The first-order chi connectivity index (χ1) is 9.47. The summed E-state index contributed by atoms with van der Waals surface area (Å²) in [6.45, 7) is 0. The van der Waals surface area contributed by atoms with E-state index in [4.69, 9.17) is 5.73 Å². The van der Waals surface area contributed by atoms with Crippen molar-refractivity contribution >= 4 is 27.4 Å². The number of hydrogen-bond donors (Lipinski definition) is 3. The van der Waals surface area contributed by atoms with E-state index in [2.05, 4.69) is 10.0 Å². The summed E-state index contributed by atoms with van der Waals surface area (Å²) in [6, 6.07) is 13.6. The van der Waals surface area contributed by atoms with Crippen molar-refractivity contribution in [3.8, 4) is 0 Å². The molecule has 7 heteroatoms. The third-order valence-electron chi connectivity index (χ3n) is 2.44. The number of nitrogens with two attached hydrogens (primary N) is 1. The lowest BCUT2D eigenvalue weighted by Gasteiger charge is -2.09. The maximum Gasteiger partial charge on any atom is 0.316 e. The van der Waals surface area contributed by atoms with Crippen molar-refractivity contribution in [3.63, 3.8) is 0 Å². The highest BCUT2D eigenvalue weighted by atomic mass is 32.2. The van der Waals surface area contributed by atoms with Crippen LogP contribution in [0.1, 0.15) is 0 Å². The molecule has 2 amide bonds.